The lowest BCUT2D eigenvalue weighted by atomic mass is 9.64. The fraction of sp³-hybridized carbons (Fsp3) is 1.00. The average molecular weight is 258 g/mol. The molecule has 4 heteroatoms. The second kappa shape index (κ2) is 5.87. The maximum absolute atomic E-state index is 10.3. The highest BCUT2D eigenvalue weighted by Crippen LogP contribution is 2.42. The van der Waals surface area contributed by atoms with Gasteiger partial charge < -0.3 is 20.1 Å². The third-order valence-electron chi connectivity index (χ3n) is 3.93. The number of ether oxygens (including phenoxy) is 1. The van der Waals surface area contributed by atoms with E-state index < -0.39 is 5.60 Å². The molecule has 3 atom stereocenters. The molecule has 108 valence electrons. The molecule has 1 saturated carbocycles. The zero-order valence-electron chi connectivity index (χ0n) is 12.8. The number of nitrogens with zero attached hydrogens (tertiary/aromatic N) is 1. The normalized spacial score (nSPS) is 30.0. The van der Waals surface area contributed by atoms with E-state index in [1.165, 1.54) is 0 Å². The van der Waals surface area contributed by atoms with Crippen LogP contribution in [0.5, 0.6) is 0 Å². The van der Waals surface area contributed by atoms with Crippen molar-refractivity contribution in [3.63, 3.8) is 0 Å². The number of hydrogen-bond acceptors (Lipinski definition) is 4. The predicted molar refractivity (Wildman–Crippen MR) is 74.8 cm³/mol. The van der Waals surface area contributed by atoms with Crippen LogP contribution in [0.4, 0.5) is 0 Å². The Bertz CT molecular complexity index is 265. The number of nitrogens with one attached hydrogen (secondary N) is 1. The van der Waals surface area contributed by atoms with Crippen LogP contribution in [0.2, 0.25) is 0 Å². The molecule has 0 bridgehead atoms. The van der Waals surface area contributed by atoms with Crippen LogP contribution in [-0.4, -0.2) is 61.5 Å². The van der Waals surface area contributed by atoms with Crippen LogP contribution < -0.4 is 5.32 Å². The monoisotopic (exact) mass is 258 g/mol. The SMILES string of the molecule is CCOC1CC(NCC(C)(O)CN(C)C)C1(C)C. The van der Waals surface area contributed by atoms with Crippen LogP contribution in [0, 0.1) is 5.41 Å². The number of likely N-dealkylation sites (N-methyl/N-ethyl adjacent to an activating group) is 1. The van der Waals surface area contributed by atoms with Crippen LogP contribution >= 0.6 is 0 Å². The summed E-state index contributed by atoms with van der Waals surface area (Å²) in [6, 6.07) is 0.433. The van der Waals surface area contributed by atoms with E-state index in [9.17, 15) is 5.11 Å². The van der Waals surface area contributed by atoms with Gasteiger partial charge in [-0.2, -0.15) is 0 Å². The van der Waals surface area contributed by atoms with Crippen molar-refractivity contribution in [2.45, 2.75) is 51.9 Å². The second-order valence-corrected chi connectivity index (χ2v) is 6.67. The quantitative estimate of drug-likeness (QED) is 0.717. The molecule has 3 unspecified atom stereocenters. The highest BCUT2D eigenvalue weighted by atomic mass is 16.5. The van der Waals surface area contributed by atoms with Gasteiger partial charge >= 0.3 is 0 Å². The molecule has 2 N–H and O–H groups in total. The maximum atomic E-state index is 10.3. The lowest BCUT2D eigenvalue weighted by molar-refractivity contribution is -0.118. The first kappa shape index (κ1) is 15.9. The van der Waals surface area contributed by atoms with E-state index in [0.29, 0.717) is 25.2 Å². The van der Waals surface area contributed by atoms with E-state index >= 15 is 0 Å². The van der Waals surface area contributed by atoms with Crippen molar-refractivity contribution >= 4 is 0 Å². The third kappa shape index (κ3) is 3.92. The highest BCUT2D eigenvalue weighted by Gasteiger charge is 2.48. The summed E-state index contributed by atoms with van der Waals surface area (Å²) in [4.78, 5) is 2.01. The molecule has 0 spiro atoms. The van der Waals surface area contributed by atoms with Gasteiger partial charge in [-0.3, -0.25) is 0 Å². The Morgan fingerprint density at radius 1 is 1.44 bits per heavy atom. The van der Waals surface area contributed by atoms with Gasteiger partial charge in [0.15, 0.2) is 0 Å². The first-order chi connectivity index (χ1) is 8.19. The summed E-state index contributed by atoms with van der Waals surface area (Å²) in [5.41, 5.74) is -0.527. The van der Waals surface area contributed by atoms with Crippen molar-refractivity contribution in [1.82, 2.24) is 10.2 Å². The Kier molecular flexibility index (Phi) is 5.18. The smallest absolute Gasteiger partial charge is 0.0869 e. The Hall–Kier alpha value is -0.160. The van der Waals surface area contributed by atoms with Crippen molar-refractivity contribution < 1.29 is 9.84 Å². The van der Waals surface area contributed by atoms with Crippen molar-refractivity contribution in [1.29, 1.82) is 0 Å². The van der Waals surface area contributed by atoms with Crippen molar-refractivity contribution in [2.24, 2.45) is 5.41 Å². The van der Waals surface area contributed by atoms with Gasteiger partial charge in [-0.1, -0.05) is 13.8 Å². The minimum absolute atomic E-state index is 0.157. The Labute approximate surface area is 112 Å². The molecule has 4 nitrogen and oxygen atoms in total. The molecule has 1 rings (SSSR count). The largest absolute Gasteiger partial charge is 0.388 e. The zero-order chi connectivity index (χ0) is 14.0. The Morgan fingerprint density at radius 3 is 2.50 bits per heavy atom. The molecule has 0 aliphatic heterocycles. The van der Waals surface area contributed by atoms with Gasteiger partial charge in [0.05, 0.1) is 11.7 Å². The van der Waals surface area contributed by atoms with Gasteiger partial charge in [0.1, 0.15) is 0 Å². The van der Waals surface area contributed by atoms with E-state index in [1.807, 2.05) is 32.8 Å². The molecule has 1 aliphatic carbocycles. The van der Waals surface area contributed by atoms with Gasteiger partial charge in [-0.25, -0.2) is 0 Å². The van der Waals surface area contributed by atoms with E-state index in [4.69, 9.17) is 4.74 Å². The summed E-state index contributed by atoms with van der Waals surface area (Å²) in [6.07, 6.45) is 1.39. The number of hydrogen-bond donors (Lipinski definition) is 2. The molecule has 0 heterocycles. The molecule has 0 aromatic heterocycles. The van der Waals surface area contributed by atoms with Crippen molar-refractivity contribution in [3.8, 4) is 0 Å². The van der Waals surface area contributed by atoms with Gasteiger partial charge in [0, 0.05) is 31.2 Å². The third-order valence-corrected chi connectivity index (χ3v) is 3.93. The topological polar surface area (TPSA) is 44.7 Å². The molecule has 0 aromatic carbocycles. The molecule has 18 heavy (non-hydrogen) atoms. The van der Waals surface area contributed by atoms with Crippen molar-refractivity contribution in [3.05, 3.63) is 0 Å². The van der Waals surface area contributed by atoms with E-state index in [1.54, 1.807) is 0 Å². The number of aliphatic hydroxyl groups is 1. The molecule has 0 amide bonds. The lowest BCUT2D eigenvalue weighted by Crippen LogP contribution is -2.63. The average Bonchev–Trinajstić information content (AvgIpc) is 2.20. The summed E-state index contributed by atoms with van der Waals surface area (Å²) in [5, 5.41) is 13.7. The fourth-order valence-corrected chi connectivity index (χ4v) is 2.80. The van der Waals surface area contributed by atoms with Crippen LogP contribution in [0.25, 0.3) is 0 Å². The van der Waals surface area contributed by atoms with Crippen molar-refractivity contribution in [2.75, 3.05) is 33.8 Å². The van der Waals surface area contributed by atoms with E-state index in [-0.39, 0.29) is 5.41 Å². The first-order valence-electron chi connectivity index (χ1n) is 6.91. The predicted octanol–water partition coefficient (Wildman–Crippen LogP) is 1.09. The Balaban J connectivity index is 2.37. The van der Waals surface area contributed by atoms with E-state index in [0.717, 1.165) is 13.0 Å². The summed E-state index contributed by atoms with van der Waals surface area (Å²) in [5.74, 6) is 0. The minimum atomic E-state index is -0.684. The zero-order valence-corrected chi connectivity index (χ0v) is 12.8. The lowest BCUT2D eigenvalue weighted by Gasteiger charge is -2.52. The number of rotatable bonds is 7. The molecular formula is C14H30N2O2. The first-order valence-corrected chi connectivity index (χ1v) is 6.91. The maximum Gasteiger partial charge on any atom is 0.0869 e. The summed E-state index contributed by atoms with van der Waals surface area (Å²) in [7, 11) is 3.96. The molecule has 0 saturated heterocycles. The molecule has 0 radical (unpaired) electrons. The molecule has 1 aliphatic rings. The van der Waals surface area contributed by atoms with Gasteiger partial charge in [-0.15, -0.1) is 0 Å². The Morgan fingerprint density at radius 2 is 2.06 bits per heavy atom. The summed E-state index contributed by atoms with van der Waals surface area (Å²) >= 11 is 0. The summed E-state index contributed by atoms with van der Waals surface area (Å²) < 4.78 is 5.71. The molecular weight excluding hydrogens is 228 g/mol. The van der Waals surface area contributed by atoms with Crippen LogP contribution in [0.3, 0.4) is 0 Å². The van der Waals surface area contributed by atoms with Gasteiger partial charge in [-0.05, 0) is 34.4 Å². The van der Waals surface area contributed by atoms with Crippen LogP contribution in [0.1, 0.15) is 34.1 Å². The summed E-state index contributed by atoms with van der Waals surface area (Å²) in [6.45, 7) is 10.5. The molecule has 0 aromatic rings. The second-order valence-electron chi connectivity index (χ2n) is 6.67. The standard InChI is InChI=1S/C14H30N2O2/c1-7-18-12-8-11(13(12,2)3)15-9-14(4,17)10-16(5)6/h11-12,15,17H,7-10H2,1-6H3. The van der Waals surface area contributed by atoms with Crippen LogP contribution in [0.15, 0.2) is 0 Å². The van der Waals surface area contributed by atoms with Crippen LogP contribution in [-0.2, 0) is 4.74 Å². The molecule has 1 fully saturated rings. The van der Waals surface area contributed by atoms with Gasteiger partial charge in [0.25, 0.3) is 0 Å². The highest BCUT2D eigenvalue weighted by molar-refractivity contribution is 5.03. The fourth-order valence-electron chi connectivity index (χ4n) is 2.80. The van der Waals surface area contributed by atoms with Gasteiger partial charge in [0.2, 0.25) is 0 Å². The van der Waals surface area contributed by atoms with E-state index in [2.05, 4.69) is 19.2 Å². The minimum Gasteiger partial charge on any atom is -0.388 e.